The number of benzene rings is 2. The van der Waals surface area contributed by atoms with Crippen LogP contribution in [-0.2, 0) is 0 Å². The topological polar surface area (TPSA) is 74.9 Å². The lowest BCUT2D eigenvalue weighted by Crippen LogP contribution is -2.19. The van der Waals surface area contributed by atoms with Gasteiger partial charge in [0.1, 0.15) is 12.1 Å². The summed E-state index contributed by atoms with van der Waals surface area (Å²) in [6, 6.07) is 12.9. The number of hydrogen-bond acceptors (Lipinski definition) is 4. The molecule has 0 aliphatic carbocycles. The van der Waals surface area contributed by atoms with Crippen molar-refractivity contribution in [1.82, 2.24) is 15.0 Å². The number of H-pyrrole nitrogens is 1. The van der Waals surface area contributed by atoms with Crippen LogP contribution in [0.15, 0.2) is 55.0 Å². The molecule has 0 atom stereocenters. The van der Waals surface area contributed by atoms with Gasteiger partial charge in [0.05, 0.1) is 30.0 Å². The standard InChI is InChI=1S/C20H15Cl2N5OS/c1-28-19-3-2-11(15-8-16-18(26-15)9-23-10-24-16)4-17(19)27-20(29)25-14-6-12(21)5-13(22)7-14/h2-10,26H,1H3,(H2,25,27,29). The molecule has 29 heavy (non-hydrogen) atoms. The van der Waals surface area contributed by atoms with Gasteiger partial charge in [0, 0.05) is 27.0 Å². The number of thiocarbonyl (C=S) groups is 1. The summed E-state index contributed by atoms with van der Waals surface area (Å²) >= 11 is 17.5. The lowest BCUT2D eigenvalue weighted by Gasteiger charge is -2.15. The predicted octanol–water partition coefficient (Wildman–Crippen LogP) is 5.75. The number of halogens is 2. The maximum Gasteiger partial charge on any atom is 0.175 e. The summed E-state index contributed by atoms with van der Waals surface area (Å²) in [5.74, 6) is 0.651. The van der Waals surface area contributed by atoms with Crippen LogP contribution in [0, 0.1) is 0 Å². The van der Waals surface area contributed by atoms with E-state index in [1.165, 1.54) is 6.33 Å². The van der Waals surface area contributed by atoms with Crippen LogP contribution in [0.1, 0.15) is 0 Å². The number of ether oxygens (including phenoxy) is 1. The minimum Gasteiger partial charge on any atom is -0.495 e. The van der Waals surface area contributed by atoms with Crippen molar-refractivity contribution in [2.45, 2.75) is 0 Å². The van der Waals surface area contributed by atoms with E-state index in [1.54, 1.807) is 31.5 Å². The molecule has 0 spiro atoms. The van der Waals surface area contributed by atoms with Gasteiger partial charge >= 0.3 is 0 Å². The highest BCUT2D eigenvalue weighted by Crippen LogP contribution is 2.32. The molecular formula is C20H15Cl2N5OS. The molecule has 0 unspecified atom stereocenters. The first-order chi connectivity index (χ1) is 14.0. The lowest BCUT2D eigenvalue weighted by molar-refractivity contribution is 0.417. The Balaban J connectivity index is 1.60. The fourth-order valence-corrected chi connectivity index (χ4v) is 3.66. The Morgan fingerprint density at radius 1 is 1.07 bits per heavy atom. The van der Waals surface area contributed by atoms with Crippen molar-refractivity contribution in [3.63, 3.8) is 0 Å². The van der Waals surface area contributed by atoms with E-state index in [4.69, 9.17) is 40.2 Å². The molecule has 6 nitrogen and oxygen atoms in total. The summed E-state index contributed by atoms with van der Waals surface area (Å²) in [6.45, 7) is 0. The molecule has 0 bridgehead atoms. The lowest BCUT2D eigenvalue weighted by atomic mass is 10.1. The summed E-state index contributed by atoms with van der Waals surface area (Å²) in [6.07, 6.45) is 3.26. The Morgan fingerprint density at radius 2 is 1.86 bits per heavy atom. The quantitative estimate of drug-likeness (QED) is 0.348. The zero-order valence-corrected chi connectivity index (χ0v) is 17.5. The second-order valence-electron chi connectivity index (χ2n) is 6.16. The molecule has 0 fully saturated rings. The number of methoxy groups -OCH3 is 1. The molecule has 0 amide bonds. The Morgan fingerprint density at radius 3 is 2.59 bits per heavy atom. The molecule has 9 heteroatoms. The Bertz CT molecular complexity index is 1160. The molecule has 0 aliphatic heterocycles. The number of nitrogens with zero attached hydrogens (tertiary/aromatic N) is 2. The fourth-order valence-electron chi connectivity index (χ4n) is 2.91. The van der Waals surface area contributed by atoms with Crippen molar-refractivity contribution in [3.05, 3.63) is 65.0 Å². The molecule has 2 heterocycles. The van der Waals surface area contributed by atoms with Crippen LogP contribution >= 0.6 is 35.4 Å². The van der Waals surface area contributed by atoms with Gasteiger partial charge in [0.25, 0.3) is 0 Å². The van der Waals surface area contributed by atoms with Crippen LogP contribution in [0.4, 0.5) is 11.4 Å². The first-order valence-corrected chi connectivity index (χ1v) is 9.69. The largest absolute Gasteiger partial charge is 0.495 e. The number of aromatic nitrogens is 3. The first kappa shape index (κ1) is 19.4. The van der Waals surface area contributed by atoms with Crippen LogP contribution in [0.25, 0.3) is 22.3 Å². The van der Waals surface area contributed by atoms with Gasteiger partial charge in [-0.2, -0.15) is 0 Å². The maximum absolute atomic E-state index is 6.04. The smallest absolute Gasteiger partial charge is 0.175 e. The van der Waals surface area contributed by atoms with Crippen LogP contribution in [-0.4, -0.2) is 27.2 Å². The third kappa shape index (κ3) is 4.42. The Hall–Kier alpha value is -2.87. The van der Waals surface area contributed by atoms with Crippen molar-refractivity contribution in [1.29, 1.82) is 0 Å². The van der Waals surface area contributed by atoms with Gasteiger partial charge in [0.2, 0.25) is 0 Å². The Labute approximate surface area is 182 Å². The zero-order valence-electron chi connectivity index (χ0n) is 15.2. The summed E-state index contributed by atoms with van der Waals surface area (Å²) in [5.41, 5.74) is 4.95. The van der Waals surface area contributed by atoms with E-state index in [0.29, 0.717) is 32.3 Å². The molecule has 146 valence electrons. The van der Waals surface area contributed by atoms with Gasteiger partial charge < -0.3 is 20.4 Å². The number of hydrogen-bond donors (Lipinski definition) is 3. The summed E-state index contributed by atoms with van der Waals surface area (Å²) < 4.78 is 5.46. The van der Waals surface area contributed by atoms with Gasteiger partial charge in [-0.3, -0.25) is 0 Å². The highest BCUT2D eigenvalue weighted by atomic mass is 35.5. The molecular weight excluding hydrogens is 429 g/mol. The van der Waals surface area contributed by atoms with Crippen molar-refractivity contribution in [2.75, 3.05) is 17.7 Å². The van der Waals surface area contributed by atoms with E-state index in [0.717, 1.165) is 22.3 Å². The number of aromatic amines is 1. The molecule has 2 aromatic carbocycles. The average molecular weight is 444 g/mol. The van der Waals surface area contributed by atoms with E-state index >= 15 is 0 Å². The maximum atomic E-state index is 6.04. The molecule has 0 radical (unpaired) electrons. The molecule has 0 aliphatic rings. The number of anilines is 2. The minimum atomic E-state index is 0.376. The fraction of sp³-hybridized carbons (Fsp3) is 0.0500. The van der Waals surface area contributed by atoms with Crippen molar-refractivity contribution in [3.8, 4) is 17.0 Å². The molecule has 0 saturated heterocycles. The van der Waals surface area contributed by atoms with Crippen molar-refractivity contribution in [2.24, 2.45) is 0 Å². The van der Waals surface area contributed by atoms with Gasteiger partial charge in [-0.15, -0.1) is 0 Å². The van der Waals surface area contributed by atoms with Crippen LogP contribution < -0.4 is 15.4 Å². The predicted molar refractivity (Wildman–Crippen MR) is 122 cm³/mol. The van der Waals surface area contributed by atoms with E-state index in [9.17, 15) is 0 Å². The molecule has 4 aromatic rings. The van der Waals surface area contributed by atoms with Gasteiger partial charge in [-0.1, -0.05) is 23.2 Å². The minimum absolute atomic E-state index is 0.376. The van der Waals surface area contributed by atoms with E-state index < -0.39 is 0 Å². The average Bonchev–Trinajstić information content (AvgIpc) is 3.11. The number of nitrogens with one attached hydrogen (secondary N) is 3. The van der Waals surface area contributed by atoms with E-state index in [-0.39, 0.29) is 0 Å². The number of rotatable bonds is 4. The zero-order chi connectivity index (χ0) is 20.4. The molecule has 3 N–H and O–H groups in total. The summed E-state index contributed by atoms with van der Waals surface area (Å²) in [5, 5.41) is 7.65. The molecule has 4 rings (SSSR count). The van der Waals surface area contributed by atoms with Crippen LogP contribution in [0.5, 0.6) is 5.75 Å². The van der Waals surface area contributed by atoms with Gasteiger partial charge in [-0.05, 0) is 54.7 Å². The second-order valence-corrected chi connectivity index (χ2v) is 7.44. The van der Waals surface area contributed by atoms with Gasteiger partial charge in [-0.25, -0.2) is 9.97 Å². The van der Waals surface area contributed by atoms with Gasteiger partial charge in [0.15, 0.2) is 5.11 Å². The molecule has 0 saturated carbocycles. The number of fused-ring (bicyclic) bond motifs is 1. The van der Waals surface area contributed by atoms with Crippen molar-refractivity contribution >= 4 is 62.9 Å². The highest BCUT2D eigenvalue weighted by Gasteiger charge is 2.11. The van der Waals surface area contributed by atoms with Crippen LogP contribution in [0.3, 0.4) is 0 Å². The molecule has 2 aromatic heterocycles. The third-order valence-corrected chi connectivity index (χ3v) is 4.81. The van der Waals surface area contributed by atoms with E-state index in [2.05, 4.69) is 25.6 Å². The van der Waals surface area contributed by atoms with Crippen LogP contribution in [0.2, 0.25) is 10.0 Å². The summed E-state index contributed by atoms with van der Waals surface area (Å²) in [4.78, 5) is 11.6. The highest BCUT2D eigenvalue weighted by molar-refractivity contribution is 7.80. The van der Waals surface area contributed by atoms with Crippen molar-refractivity contribution < 1.29 is 4.74 Å². The third-order valence-electron chi connectivity index (χ3n) is 4.17. The normalized spacial score (nSPS) is 10.7. The van der Waals surface area contributed by atoms with E-state index in [1.807, 2.05) is 24.3 Å². The monoisotopic (exact) mass is 443 g/mol. The first-order valence-electron chi connectivity index (χ1n) is 8.53. The Kier molecular flexibility index (Phi) is 5.53. The second kappa shape index (κ2) is 8.24. The SMILES string of the molecule is COc1ccc(-c2cc3ncncc3[nH]2)cc1NC(=S)Nc1cc(Cl)cc(Cl)c1. The summed E-state index contributed by atoms with van der Waals surface area (Å²) in [7, 11) is 1.60.